The smallest absolute Gasteiger partial charge is 0.242 e. The number of aryl methyl sites for hydroxylation is 1. The average molecular weight is 442 g/mol. The molecular formula is C24H31N3O3S. The Morgan fingerprint density at radius 3 is 2.35 bits per heavy atom. The molecule has 0 N–H and O–H groups in total. The highest BCUT2D eigenvalue weighted by Gasteiger charge is 2.33. The van der Waals surface area contributed by atoms with E-state index >= 15 is 0 Å². The molecule has 1 saturated heterocycles. The summed E-state index contributed by atoms with van der Waals surface area (Å²) in [6, 6.07) is 13.8. The van der Waals surface area contributed by atoms with Crippen molar-refractivity contribution in [3.05, 3.63) is 59.2 Å². The minimum atomic E-state index is -3.47. The summed E-state index contributed by atoms with van der Waals surface area (Å²) in [4.78, 5) is 17.8. The molecule has 2 aliphatic rings. The highest BCUT2D eigenvalue weighted by Crippen LogP contribution is 2.33. The van der Waals surface area contributed by atoms with Gasteiger partial charge in [-0.3, -0.25) is 9.69 Å². The standard InChI is InChI=1S/C24H31N3O3S/c1-18-4-6-19(7-5-18)17-26-13-10-20(11-14-26)24(28)27-15-12-21-16-22(8-9-23(21)27)31(29,30)25(2)3/h4-9,16,20H,10-15,17H2,1-3H3. The Morgan fingerprint density at radius 2 is 1.71 bits per heavy atom. The number of carbonyl (C=O) groups is 1. The van der Waals surface area contributed by atoms with Gasteiger partial charge in [-0.05, 0) is 68.6 Å². The number of rotatable bonds is 5. The van der Waals surface area contributed by atoms with Gasteiger partial charge in [-0.1, -0.05) is 29.8 Å². The third-order valence-corrected chi connectivity index (χ3v) is 8.27. The maximum absolute atomic E-state index is 13.2. The lowest BCUT2D eigenvalue weighted by molar-refractivity contribution is -0.123. The summed E-state index contributed by atoms with van der Waals surface area (Å²) < 4.78 is 26.0. The van der Waals surface area contributed by atoms with Crippen molar-refractivity contribution in [1.29, 1.82) is 0 Å². The van der Waals surface area contributed by atoms with Gasteiger partial charge >= 0.3 is 0 Å². The number of hydrogen-bond acceptors (Lipinski definition) is 4. The van der Waals surface area contributed by atoms with Crippen LogP contribution in [-0.2, 0) is 27.8 Å². The SMILES string of the molecule is Cc1ccc(CN2CCC(C(=O)N3CCc4cc(S(=O)(=O)N(C)C)ccc43)CC2)cc1. The minimum Gasteiger partial charge on any atom is -0.312 e. The maximum Gasteiger partial charge on any atom is 0.242 e. The van der Waals surface area contributed by atoms with Gasteiger partial charge in [0.15, 0.2) is 0 Å². The number of hydrogen-bond donors (Lipinski definition) is 0. The van der Waals surface area contributed by atoms with Crippen LogP contribution in [0.3, 0.4) is 0 Å². The Labute approximate surface area is 185 Å². The fraction of sp³-hybridized carbons (Fsp3) is 0.458. The van der Waals surface area contributed by atoms with Crippen molar-refractivity contribution in [2.45, 2.75) is 37.6 Å². The summed E-state index contributed by atoms with van der Waals surface area (Å²) in [5, 5.41) is 0. The fourth-order valence-corrected chi connectivity index (χ4v) is 5.44. The van der Waals surface area contributed by atoms with Crippen molar-refractivity contribution in [3.63, 3.8) is 0 Å². The number of piperidine rings is 1. The van der Waals surface area contributed by atoms with Gasteiger partial charge in [0.25, 0.3) is 0 Å². The number of nitrogens with zero attached hydrogens (tertiary/aromatic N) is 3. The Hall–Kier alpha value is -2.22. The van der Waals surface area contributed by atoms with E-state index < -0.39 is 10.0 Å². The first-order valence-electron chi connectivity index (χ1n) is 10.9. The molecule has 2 aromatic rings. The molecule has 2 heterocycles. The second-order valence-electron chi connectivity index (χ2n) is 8.85. The predicted molar refractivity (Wildman–Crippen MR) is 123 cm³/mol. The molecule has 1 amide bonds. The Bertz CT molecular complexity index is 1060. The number of likely N-dealkylation sites (tertiary alicyclic amines) is 1. The van der Waals surface area contributed by atoms with E-state index in [1.54, 1.807) is 18.2 Å². The van der Waals surface area contributed by atoms with Crippen molar-refractivity contribution in [2.75, 3.05) is 38.6 Å². The maximum atomic E-state index is 13.2. The van der Waals surface area contributed by atoms with Crippen LogP contribution in [0.2, 0.25) is 0 Å². The first-order chi connectivity index (χ1) is 14.8. The summed E-state index contributed by atoms with van der Waals surface area (Å²) in [6.07, 6.45) is 2.43. The first kappa shape index (κ1) is 22.0. The molecule has 0 aromatic heterocycles. The molecular weight excluding hydrogens is 410 g/mol. The van der Waals surface area contributed by atoms with E-state index in [9.17, 15) is 13.2 Å². The molecule has 4 rings (SSSR count). The van der Waals surface area contributed by atoms with Gasteiger partial charge in [0, 0.05) is 38.8 Å². The third kappa shape index (κ3) is 4.54. The molecule has 0 spiro atoms. The van der Waals surface area contributed by atoms with E-state index in [1.165, 1.54) is 29.5 Å². The van der Waals surface area contributed by atoms with Gasteiger partial charge in [0.1, 0.15) is 0 Å². The predicted octanol–water partition coefficient (Wildman–Crippen LogP) is 3.05. The van der Waals surface area contributed by atoms with Crippen molar-refractivity contribution in [2.24, 2.45) is 5.92 Å². The molecule has 2 aliphatic heterocycles. The van der Waals surface area contributed by atoms with Gasteiger partial charge in [0.05, 0.1) is 4.90 Å². The number of benzene rings is 2. The van der Waals surface area contributed by atoms with E-state index in [0.29, 0.717) is 13.0 Å². The fourth-order valence-electron chi connectivity index (χ4n) is 4.49. The number of amides is 1. The zero-order valence-electron chi connectivity index (χ0n) is 18.5. The van der Waals surface area contributed by atoms with Gasteiger partial charge in [-0.2, -0.15) is 0 Å². The molecule has 0 atom stereocenters. The molecule has 0 radical (unpaired) electrons. The van der Waals surface area contributed by atoms with Crippen LogP contribution in [-0.4, -0.2) is 57.3 Å². The van der Waals surface area contributed by atoms with Crippen LogP contribution in [0.1, 0.15) is 29.5 Å². The molecule has 0 aliphatic carbocycles. The van der Waals surface area contributed by atoms with E-state index in [-0.39, 0.29) is 16.7 Å². The van der Waals surface area contributed by atoms with Gasteiger partial charge in [0.2, 0.25) is 15.9 Å². The number of fused-ring (bicyclic) bond motifs is 1. The quantitative estimate of drug-likeness (QED) is 0.716. The highest BCUT2D eigenvalue weighted by atomic mass is 32.2. The van der Waals surface area contributed by atoms with Crippen LogP contribution in [0, 0.1) is 12.8 Å². The van der Waals surface area contributed by atoms with E-state index in [2.05, 4.69) is 36.1 Å². The summed E-state index contributed by atoms with van der Waals surface area (Å²) in [6.45, 7) is 5.50. The van der Waals surface area contributed by atoms with E-state index in [1.807, 2.05) is 4.90 Å². The van der Waals surface area contributed by atoms with Crippen LogP contribution < -0.4 is 4.90 Å². The van der Waals surface area contributed by atoms with Crippen LogP contribution in [0.4, 0.5) is 5.69 Å². The average Bonchev–Trinajstić information content (AvgIpc) is 3.18. The van der Waals surface area contributed by atoms with Crippen molar-refractivity contribution in [3.8, 4) is 0 Å². The van der Waals surface area contributed by atoms with E-state index in [0.717, 1.165) is 43.7 Å². The Kier molecular flexibility index (Phi) is 6.19. The molecule has 0 saturated carbocycles. The number of carbonyl (C=O) groups excluding carboxylic acids is 1. The molecule has 2 aromatic carbocycles. The minimum absolute atomic E-state index is 0.0328. The number of anilines is 1. The van der Waals surface area contributed by atoms with Crippen LogP contribution in [0.5, 0.6) is 0 Å². The zero-order chi connectivity index (χ0) is 22.2. The van der Waals surface area contributed by atoms with Crippen LogP contribution in [0.25, 0.3) is 0 Å². The van der Waals surface area contributed by atoms with Gasteiger partial charge < -0.3 is 4.90 Å². The summed E-state index contributed by atoms with van der Waals surface area (Å²) >= 11 is 0. The second-order valence-corrected chi connectivity index (χ2v) is 11.0. The summed E-state index contributed by atoms with van der Waals surface area (Å²) in [5.74, 6) is 0.211. The third-order valence-electron chi connectivity index (χ3n) is 6.45. The lowest BCUT2D eigenvalue weighted by Gasteiger charge is -2.33. The van der Waals surface area contributed by atoms with Gasteiger partial charge in [-0.25, -0.2) is 12.7 Å². The second kappa shape index (κ2) is 8.73. The normalized spacial score (nSPS) is 17.9. The molecule has 31 heavy (non-hydrogen) atoms. The summed E-state index contributed by atoms with van der Waals surface area (Å²) in [5.41, 5.74) is 4.38. The Balaban J connectivity index is 1.39. The molecule has 6 nitrogen and oxygen atoms in total. The molecule has 0 bridgehead atoms. The summed E-state index contributed by atoms with van der Waals surface area (Å²) in [7, 11) is -0.404. The van der Waals surface area contributed by atoms with E-state index in [4.69, 9.17) is 0 Å². The monoisotopic (exact) mass is 441 g/mol. The van der Waals surface area contributed by atoms with Crippen molar-refractivity contribution >= 4 is 21.6 Å². The lowest BCUT2D eigenvalue weighted by atomic mass is 9.94. The van der Waals surface area contributed by atoms with Crippen LogP contribution in [0.15, 0.2) is 47.4 Å². The van der Waals surface area contributed by atoms with Crippen molar-refractivity contribution < 1.29 is 13.2 Å². The largest absolute Gasteiger partial charge is 0.312 e. The topological polar surface area (TPSA) is 60.9 Å². The first-order valence-corrected chi connectivity index (χ1v) is 12.3. The Morgan fingerprint density at radius 1 is 1.03 bits per heavy atom. The molecule has 1 fully saturated rings. The molecule has 7 heteroatoms. The lowest BCUT2D eigenvalue weighted by Crippen LogP contribution is -2.41. The highest BCUT2D eigenvalue weighted by molar-refractivity contribution is 7.89. The molecule has 0 unspecified atom stereocenters. The molecule has 166 valence electrons. The zero-order valence-corrected chi connectivity index (χ0v) is 19.4. The number of sulfonamides is 1. The van der Waals surface area contributed by atoms with Crippen LogP contribution >= 0.6 is 0 Å². The van der Waals surface area contributed by atoms with Gasteiger partial charge in [-0.15, -0.1) is 0 Å². The van der Waals surface area contributed by atoms with Crippen molar-refractivity contribution in [1.82, 2.24) is 9.21 Å².